The summed E-state index contributed by atoms with van der Waals surface area (Å²) in [5, 5.41) is 9.44. The third kappa shape index (κ3) is 5.99. The maximum absolute atomic E-state index is 11.6. The van der Waals surface area contributed by atoms with Crippen molar-refractivity contribution in [3.05, 3.63) is 39.2 Å². The number of aryl methyl sites for hydroxylation is 1. The van der Waals surface area contributed by atoms with E-state index in [1.54, 1.807) is 12.1 Å². The molecule has 0 aliphatic heterocycles. The second-order valence-electron chi connectivity index (χ2n) is 4.01. The molecule has 0 fully saturated rings. The molecule has 0 aliphatic carbocycles. The maximum atomic E-state index is 11.6. The smallest absolute Gasteiger partial charge is 0.319 e. The summed E-state index contributed by atoms with van der Waals surface area (Å²) in [7, 11) is 0. The number of benzene rings is 1. The highest BCUT2D eigenvalue weighted by molar-refractivity contribution is 6.31. The van der Waals surface area contributed by atoms with Crippen molar-refractivity contribution in [2.45, 2.75) is 19.8 Å². The lowest BCUT2D eigenvalue weighted by Crippen LogP contribution is -2.29. The number of amides is 2. The van der Waals surface area contributed by atoms with E-state index in [9.17, 15) is 4.79 Å². The summed E-state index contributed by atoms with van der Waals surface area (Å²) >= 11 is 5.96. The molecule has 0 aliphatic rings. The Morgan fingerprint density at radius 3 is 2.95 bits per heavy atom. The van der Waals surface area contributed by atoms with Crippen molar-refractivity contribution in [2.24, 2.45) is 5.11 Å². The lowest BCUT2D eigenvalue weighted by Gasteiger charge is -2.08. The van der Waals surface area contributed by atoms with Gasteiger partial charge in [0.05, 0.1) is 0 Å². The van der Waals surface area contributed by atoms with E-state index < -0.39 is 0 Å². The van der Waals surface area contributed by atoms with Gasteiger partial charge in [0.25, 0.3) is 0 Å². The number of carbonyl (C=O) groups is 1. The molecule has 0 saturated carbocycles. The van der Waals surface area contributed by atoms with Gasteiger partial charge in [-0.15, -0.1) is 0 Å². The zero-order chi connectivity index (χ0) is 14.1. The Balaban J connectivity index is 2.27. The first kappa shape index (κ1) is 15.1. The monoisotopic (exact) mass is 281 g/mol. The zero-order valence-electron chi connectivity index (χ0n) is 10.7. The van der Waals surface area contributed by atoms with Gasteiger partial charge in [-0.25, -0.2) is 4.79 Å². The molecule has 0 bridgehead atoms. The van der Waals surface area contributed by atoms with Crippen LogP contribution in [0, 0.1) is 6.92 Å². The van der Waals surface area contributed by atoms with Crippen LogP contribution in [0.5, 0.6) is 0 Å². The molecule has 0 unspecified atom stereocenters. The molecule has 2 N–H and O–H groups in total. The average molecular weight is 282 g/mol. The van der Waals surface area contributed by atoms with Crippen molar-refractivity contribution in [3.8, 4) is 0 Å². The number of anilines is 1. The predicted octanol–water partition coefficient (Wildman–Crippen LogP) is 3.86. The zero-order valence-corrected chi connectivity index (χ0v) is 11.4. The van der Waals surface area contributed by atoms with E-state index in [2.05, 4.69) is 20.7 Å². The van der Waals surface area contributed by atoms with E-state index in [0.717, 1.165) is 18.4 Å². The Labute approximate surface area is 116 Å². The van der Waals surface area contributed by atoms with Crippen LogP contribution >= 0.6 is 11.6 Å². The fourth-order valence-corrected chi connectivity index (χ4v) is 1.58. The van der Waals surface area contributed by atoms with Gasteiger partial charge in [-0.3, -0.25) is 0 Å². The third-order valence-corrected chi connectivity index (χ3v) is 2.87. The fraction of sp³-hybridized carbons (Fsp3) is 0.417. The van der Waals surface area contributed by atoms with Crippen molar-refractivity contribution >= 4 is 23.3 Å². The van der Waals surface area contributed by atoms with E-state index in [0.29, 0.717) is 23.8 Å². The first-order chi connectivity index (χ1) is 9.13. The molecule has 0 saturated heterocycles. The second-order valence-corrected chi connectivity index (χ2v) is 4.41. The number of hydrogen-bond acceptors (Lipinski definition) is 2. The molecule has 0 atom stereocenters. The van der Waals surface area contributed by atoms with Crippen LogP contribution < -0.4 is 10.6 Å². The van der Waals surface area contributed by atoms with Gasteiger partial charge in [0.15, 0.2) is 0 Å². The molecule has 7 heteroatoms. The highest BCUT2D eigenvalue weighted by Gasteiger charge is 2.02. The van der Waals surface area contributed by atoms with Crippen molar-refractivity contribution in [1.82, 2.24) is 5.32 Å². The van der Waals surface area contributed by atoms with Crippen molar-refractivity contribution in [2.75, 3.05) is 18.4 Å². The van der Waals surface area contributed by atoms with Crippen LogP contribution in [-0.4, -0.2) is 19.1 Å². The topological polar surface area (TPSA) is 89.9 Å². The van der Waals surface area contributed by atoms with Crippen LogP contribution in [0.15, 0.2) is 23.3 Å². The highest BCUT2D eigenvalue weighted by Crippen LogP contribution is 2.19. The quantitative estimate of drug-likeness (QED) is 0.352. The second kappa shape index (κ2) is 8.24. The van der Waals surface area contributed by atoms with Gasteiger partial charge in [0, 0.05) is 28.7 Å². The van der Waals surface area contributed by atoms with E-state index >= 15 is 0 Å². The third-order valence-electron chi connectivity index (χ3n) is 2.46. The number of nitrogens with one attached hydrogen (secondary N) is 2. The number of nitrogens with zero attached hydrogens (tertiary/aromatic N) is 3. The maximum Gasteiger partial charge on any atom is 0.319 e. The fourth-order valence-electron chi connectivity index (χ4n) is 1.40. The summed E-state index contributed by atoms with van der Waals surface area (Å²) < 4.78 is 0. The molecule has 19 heavy (non-hydrogen) atoms. The van der Waals surface area contributed by atoms with Crippen LogP contribution in [0.25, 0.3) is 10.4 Å². The van der Waals surface area contributed by atoms with Gasteiger partial charge in [-0.1, -0.05) is 22.8 Å². The summed E-state index contributed by atoms with van der Waals surface area (Å²) in [5.41, 5.74) is 9.70. The molecule has 1 aromatic rings. The Morgan fingerprint density at radius 1 is 1.47 bits per heavy atom. The van der Waals surface area contributed by atoms with Gasteiger partial charge >= 0.3 is 6.03 Å². The summed E-state index contributed by atoms with van der Waals surface area (Å²) in [6.07, 6.45) is 1.52. The number of rotatable bonds is 6. The Morgan fingerprint density at radius 2 is 2.26 bits per heavy atom. The first-order valence-corrected chi connectivity index (χ1v) is 6.33. The molecular formula is C12H16ClN5O. The molecular weight excluding hydrogens is 266 g/mol. The van der Waals surface area contributed by atoms with Crippen molar-refractivity contribution < 1.29 is 4.79 Å². The molecule has 0 spiro atoms. The molecule has 0 aromatic heterocycles. The number of unbranched alkanes of at least 4 members (excludes halogenated alkanes) is 1. The number of halogens is 1. The van der Waals surface area contributed by atoms with E-state index in [4.69, 9.17) is 17.1 Å². The van der Waals surface area contributed by atoms with E-state index in [1.807, 2.05) is 13.0 Å². The van der Waals surface area contributed by atoms with Gasteiger partial charge in [-0.05, 0) is 43.0 Å². The summed E-state index contributed by atoms with van der Waals surface area (Å²) in [5.74, 6) is 0. The molecule has 6 nitrogen and oxygen atoms in total. The van der Waals surface area contributed by atoms with E-state index in [-0.39, 0.29) is 6.03 Å². The Bertz CT molecular complexity index is 485. The van der Waals surface area contributed by atoms with Crippen LogP contribution in [0.2, 0.25) is 5.02 Å². The van der Waals surface area contributed by atoms with Crippen molar-refractivity contribution in [1.29, 1.82) is 0 Å². The lowest BCUT2D eigenvalue weighted by atomic mass is 10.2. The highest BCUT2D eigenvalue weighted by atomic mass is 35.5. The van der Waals surface area contributed by atoms with Gasteiger partial charge in [-0.2, -0.15) is 0 Å². The molecule has 1 rings (SSSR count). The molecule has 0 heterocycles. The molecule has 1 aromatic carbocycles. The first-order valence-electron chi connectivity index (χ1n) is 5.95. The van der Waals surface area contributed by atoms with Gasteiger partial charge < -0.3 is 10.6 Å². The Hall–Kier alpha value is -1.91. The van der Waals surface area contributed by atoms with Crippen molar-refractivity contribution in [3.63, 3.8) is 0 Å². The lowest BCUT2D eigenvalue weighted by molar-refractivity contribution is 0.252. The minimum absolute atomic E-state index is 0.274. The number of azide groups is 1. The number of carbonyl (C=O) groups excluding carboxylic acids is 1. The number of hydrogen-bond donors (Lipinski definition) is 2. The minimum atomic E-state index is -0.274. The molecule has 0 radical (unpaired) electrons. The minimum Gasteiger partial charge on any atom is -0.338 e. The van der Waals surface area contributed by atoms with E-state index in [1.165, 1.54) is 0 Å². The Kier molecular flexibility index (Phi) is 6.57. The summed E-state index contributed by atoms with van der Waals surface area (Å²) in [6, 6.07) is 5.07. The summed E-state index contributed by atoms with van der Waals surface area (Å²) in [6.45, 7) is 2.88. The van der Waals surface area contributed by atoms with Gasteiger partial charge in [0.1, 0.15) is 0 Å². The van der Waals surface area contributed by atoms with Crippen LogP contribution in [0.1, 0.15) is 18.4 Å². The van der Waals surface area contributed by atoms with Crippen LogP contribution in [0.3, 0.4) is 0 Å². The average Bonchev–Trinajstić information content (AvgIpc) is 2.38. The predicted molar refractivity (Wildman–Crippen MR) is 76.5 cm³/mol. The van der Waals surface area contributed by atoms with Gasteiger partial charge in [0.2, 0.25) is 0 Å². The summed E-state index contributed by atoms with van der Waals surface area (Å²) in [4.78, 5) is 14.2. The largest absolute Gasteiger partial charge is 0.338 e. The van der Waals surface area contributed by atoms with Crippen LogP contribution in [0.4, 0.5) is 10.5 Å². The normalized spacial score (nSPS) is 9.58. The SMILES string of the molecule is Cc1ccc(NC(=O)NCCCCN=[N+]=[N-])cc1Cl. The number of urea groups is 1. The molecule has 2 amide bonds. The van der Waals surface area contributed by atoms with Crippen LogP contribution in [-0.2, 0) is 0 Å². The molecule has 102 valence electrons. The standard InChI is InChI=1S/C12H16ClN5O/c1-9-4-5-10(8-11(9)13)17-12(19)15-6-2-3-7-16-18-14/h4-5,8H,2-3,6-7H2,1H3,(H2,15,17,19).